The molecule has 0 saturated heterocycles. The van der Waals surface area contributed by atoms with E-state index in [2.05, 4.69) is 5.32 Å². The van der Waals surface area contributed by atoms with Crippen molar-refractivity contribution in [3.63, 3.8) is 0 Å². The van der Waals surface area contributed by atoms with E-state index in [1.807, 2.05) is 0 Å². The number of carbonyl (C=O) groups is 1. The van der Waals surface area contributed by atoms with Crippen LogP contribution in [0.25, 0.3) is 0 Å². The average molecular weight is 304 g/mol. The van der Waals surface area contributed by atoms with Crippen LogP contribution in [0.1, 0.15) is 24.2 Å². The summed E-state index contributed by atoms with van der Waals surface area (Å²) in [4.78, 5) is 12.1. The Kier molecular flexibility index (Phi) is 5.62. The molecule has 0 aliphatic rings. The summed E-state index contributed by atoms with van der Waals surface area (Å²) in [5.74, 6) is -0.685. The van der Waals surface area contributed by atoms with Crippen molar-refractivity contribution in [3.05, 3.63) is 22.7 Å². The molecule has 0 saturated carbocycles. The summed E-state index contributed by atoms with van der Waals surface area (Å²) in [6, 6.07) is 2.62. The maximum absolute atomic E-state index is 12.1. The van der Waals surface area contributed by atoms with Gasteiger partial charge in [0.1, 0.15) is 0 Å². The minimum atomic E-state index is -1.15. The molecule has 0 atom stereocenters. The first kappa shape index (κ1) is 16.6. The number of benzene rings is 1. The monoisotopic (exact) mass is 303 g/mol. The number of amides is 1. The smallest absolute Gasteiger partial charge is 0.252 e. The number of hydrogen-bond donors (Lipinski definition) is 4. The maximum atomic E-state index is 12.1. The molecule has 1 rings (SSSR count). The lowest BCUT2D eigenvalue weighted by Gasteiger charge is -2.26. The summed E-state index contributed by atoms with van der Waals surface area (Å²) < 4.78 is 5.18. The summed E-state index contributed by atoms with van der Waals surface area (Å²) in [6.07, 6.45) is 0. The van der Waals surface area contributed by atoms with Crippen molar-refractivity contribution in [1.82, 2.24) is 5.32 Å². The highest BCUT2D eigenvalue weighted by Gasteiger charge is 2.26. The summed E-state index contributed by atoms with van der Waals surface area (Å²) in [7, 11) is 0. The highest BCUT2D eigenvalue weighted by atomic mass is 35.5. The molecule has 1 aromatic carbocycles. The van der Waals surface area contributed by atoms with Crippen LogP contribution in [0.15, 0.2) is 12.1 Å². The van der Waals surface area contributed by atoms with Crippen LogP contribution in [0.2, 0.25) is 5.02 Å². The molecule has 0 unspecified atom stereocenters. The first-order valence-corrected chi connectivity index (χ1v) is 6.44. The third kappa shape index (κ3) is 3.75. The van der Waals surface area contributed by atoms with E-state index in [1.165, 1.54) is 19.1 Å². The van der Waals surface area contributed by atoms with Gasteiger partial charge in [-0.3, -0.25) is 4.79 Å². The standard InChI is InChI=1S/C13H18ClNO5/c1-3-20-10-5-8(4-9(14)11(10)18)12(19)15-13(2,6-16)7-17/h4-5,16-18H,3,6-7H2,1-2H3,(H,15,19). The summed E-state index contributed by atoms with van der Waals surface area (Å²) in [6.45, 7) is 2.70. The number of phenols is 1. The second-order valence-corrected chi connectivity index (χ2v) is 4.98. The van der Waals surface area contributed by atoms with E-state index < -0.39 is 24.7 Å². The summed E-state index contributed by atoms with van der Waals surface area (Å²) in [5.41, 5.74) is -0.989. The van der Waals surface area contributed by atoms with Gasteiger partial charge in [0.2, 0.25) is 0 Å². The number of aliphatic hydroxyl groups excluding tert-OH is 2. The Morgan fingerprint density at radius 3 is 2.50 bits per heavy atom. The van der Waals surface area contributed by atoms with Crippen molar-refractivity contribution in [2.45, 2.75) is 19.4 Å². The van der Waals surface area contributed by atoms with Gasteiger partial charge in [-0.2, -0.15) is 0 Å². The lowest BCUT2D eigenvalue weighted by molar-refractivity contribution is 0.0723. The zero-order valence-corrected chi connectivity index (χ0v) is 12.1. The molecule has 1 aromatic rings. The number of aromatic hydroxyl groups is 1. The molecule has 0 heterocycles. The van der Waals surface area contributed by atoms with Crippen molar-refractivity contribution in [2.75, 3.05) is 19.8 Å². The number of nitrogens with one attached hydrogen (secondary N) is 1. The van der Waals surface area contributed by atoms with Crippen LogP contribution in [0.4, 0.5) is 0 Å². The summed E-state index contributed by atoms with van der Waals surface area (Å²) >= 11 is 5.83. The fraction of sp³-hybridized carbons (Fsp3) is 0.462. The van der Waals surface area contributed by atoms with Crippen molar-refractivity contribution < 1.29 is 24.9 Å². The van der Waals surface area contributed by atoms with Gasteiger partial charge in [0.15, 0.2) is 11.5 Å². The number of ether oxygens (including phenoxy) is 1. The van der Waals surface area contributed by atoms with Gasteiger partial charge in [-0.25, -0.2) is 0 Å². The van der Waals surface area contributed by atoms with Gasteiger partial charge in [-0.15, -0.1) is 0 Å². The molecule has 0 radical (unpaired) electrons. The minimum Gasteiger partial charge on any atom is -0.503 e. The van der Waals surface area contributed by atoms with Crippen molar-refractivity contribution in [1.29, 1.82) is 0 Å². The fourth-order valence-corrected chi connectivity index (χ4v) is 1.66. The fourth-order valence-electron chi connectivity index (χ4n) is 1.45. The molecule has 4 N–H and O–H groups in total. The normalized spacial score (nSPS) is 11.2. The third-order valence-electron chi connectivity index (χ3n) is 2.70. The zero-order chi connectivity index (χ0) is 15.3. The molecule has 0 fully saturated rings. The first-order valence-electron chi connectivity index (χ1n) is 6.06. The second-order valence-electron chi connectivity index (χ2n) is 4.57. The molecule has 0 aliphatic carbocycles. The number of aliphatic hydroxyl groups is 2. The molecule has 7 heteroatoms. The van der Waals surface area contributed by atoms with Gasteiger partial charge in [0, 0.05) is 5.56 Å². The van der Waals surface area contributed by atoms with Gasteiger partial charge in [-0.05, 0) is 26.0 Å². The molecule has 0 aliphatic heterocycles. The Morgan fingerprint density at radius 2 is 2.00 bits per heavy atom. The molecular formula is C13H18ClNO5. The van der Waals surface area contributed by atoms with E-state index in [-0.39, 0.29) is 22.1 Å². The molecule has 0 spiro atoms. The minimum absolute atomic E-state index is 0.0178. The van der Waals surface area contributed by atoms with Crippen molar-refractivity contribution in [2.24, 2.45) is 0 Å². The quantitative estimate of drug-likeness (QED) is 0.626. The van der Waals surface area contributed by atoms with E-state index in [4.69, 9.17) is 26.6 Å². The van der Waals surface area contributed by atoms with Crippen LogP contribution < -0.4 is 10.1 Å². The van der Waals surface area contributed by atoms with Crippen molar-refractivity contribution >= 4 is 17.5 Å². The number of rotatable bonds is 6. The van der Waals surface area contributed by atoms with Crippen molar-refractivity contribution in [3.8, 4) is 11.5 Å². The van der Waals surface area contributed by atoms with Crippen LogP contribution in [0, 0.1) is 0 Å². The molecule has 20 heavy (non-hydrogen) atoms. The predicted molar refractivity (Wildman–Crippen MR) is 74.3 cm³/mol. The van der Waals surface area contributed by atoms with Gasteiger partial charge in [-0.1, -0.05) is 11.6 Å². The van der Waals surface area contributed by atoms with Crippen LogP contribution >= 0.6 is 11.6 Å². The van der Waals surface area contributed by atoms with Crippen LogP contribution in [0.3, 0.4) is 0 Å². The molecule has 1 amide bonds. The highest BCUT2D eigenvalue weighted by Crippen LogP contribution is 2.35. The van der Waals surface area contributed by atoms with Gasteiger partial charge in [0.25, 0.3) is 5.91 Å². The van der Waals surface area contributed by atoms with Crippen LogP contribution in [-0.2, 0) is 0 Å². The van der Waals surface area contributed by atoms with Crippen LogP contribution in [-0.4, -0.2) is 46.6 Å². The zero-order valence-electron chi connectivity index (χ0n) is 11.3. The van der Waals surface area contributed by atoms with Crippen LogP contribution in [0.5, 0.6) is 11.5 Å². The highest BCUT2D eigenvalue weighted by molar-refractivity contribution is 6.32. The lowest BCUT2D eigenvalue weighted by atomic mass is 10.0. The van der Waals surface area contributed by atoms with Gasteiger partial charge < -0.3 is 25.4 Å². The largest absolute Gasteiger partial charge is 0.503 e. The molecule has 0 aromatic heterocycles. The Labute approximate surface area is 121 Å². The van der Waals surface area contributed by atoms with E-state index in [0.717, 1.165) is 0 Å². The molecular weight excluding hydrogens is 286 g/mol. The molecule has 6 nitrogen and oxygen atoms in total. The maximum Gasteiger partial charge on any atom is 0.252 e. The third-order valence-corrected chi connectivity index (χ3v) is 2.99. The predicted octanol–water partition coefficient (Wildman–Crippen LogP) is 0.917. The second kappa shape index (κ2) is 6.78. The van der Waals surface area contributed by atoms with E-state index in [9.17, 15) is 9.90 Å². The Hall–Kier alpha value is -1.50. The number of carbonyl (C=O) groups excluding carboxylic acids is 1. The molecule has 112 valence electrons. The Bertz CT molecular complexity index is 488. The Morgan fingerprint density at radius 1 is 1.40 bits per heavy atom. The Balaban J connectivity index is 3.05. The lowest BCUT2D eigenvalue weighted by Crippen LogP contribution is -2.51. The van der Waals surface area contributed by atoms with Gasteiger partial charge in [0.05, 0.1) is 30.4 Å². The number of hydrogen-bond acceptors (Lipinski definition) is 5. The summed E-state index contributed by atoms with van der Waals surface area (Å²) in [5, 5.41) is 30.5. The van der Waals surface area contributed by atoms with Gasteiger partial charge >= 0.3 is 0 Å². The first-order chi connectivity index (χ1) is 9.36. The van der Waals surface area contributed by atoms with E-state index in [1.54, 1.807) is 6.92 Å². The topological polar surface area (TPSA) is 99.0 Å². The molecule has 0 bridgehead atoms. The average Bonchev–Trinajstić information content (AvgIpc) is 2.43. The number of phenolic OH excluding ortho intramolecular Hbond substituents is 1. The van der Waals surface area contributed by atoms with E-state index in [0.29, 0.717) is 6.61 Å². The van der Waals surface area contributed by atoms with E-state index >= 15 is 0 Å². The number of halogens is 1. The SMILES string of the molecule is CCOc1cc(C(=O)NC(C)(CO)CO)cc(Cl)c1O.